The molecule has 176 valence electrons. The van der Waals surface area contributed by atoms with Gasteiger partial charge in [0.05, 0.1) is 13.7 Å². The fourth-order valence-corrected chi connectivity index (χ4v) is 4.80. The van der Waals surface area contributed by atoms with Crippen LogP contribution in [0.4, 0.5) is 0 Å². The van der Waals surface area contributed by atoms with Crippen molar-refractivity contribution in [3.63, 3.8) is 0 Å². The molecule has 0 aromatic carbocycles. The van der Waals surface area contributed by atoms with Crippen molar-refractivity contribution in [3.05, 3.63) is 69.9 Å². The van der Waals surface area contributed by atoms with Crippen LogP contribution in [0.3, 0.4) is 0 Å². The average Bonchev–Trinajstić information content (AvgIpc) is 3.06. The van der Waals surface area contributed by atoms with Crippen molar-refractivity contribution in [2.75, 3.05) is 33.4 Å². The largest absolute Gasteiger partial charge is 0.492 e. The number of rotatable bonds is 8. The van der Waals surface area contributed by atoms with Gasteiger partial charge in [-0.05, 0) is 49.7 Å². The minimum Gasteiger partial charge on any atom is -0.492 e. The molecule has 0 saturated heterocycles. The molecule has 3 heterocycles. The van der Waals surface area contributed by atoms with E-state index in [4.69, 9.17) is 9.47 Å². The highest BCUT2D eigenvalue weighted by Gasteiger charge is 2.26. The van der Waals surface area contributed by atoms with Gasteiger partial charge in [0.1, 0.15) is 11.3 Å². The standard InChI is InChI=1S/C26H33N3O4/c1-32-26(31)25-22-11-13-28(19-21-7-3-2-4-8-21)14-15-29(22)24(30)17-23(25)33-16-6-10-20-9-5-12-27-18-20/h2-3,5,9,12,17-18,21H,4,6-8,10-11,13-16,19H2,1H3/t21-/m0/s1. The second-order valence-corrected chi connectivity index (χ2v) is 8.83. The number of ether oxygens (including phenoxy) is 2. The van der Waals surface area contributed by atoms with Gasteiger partial charge in [0.15, 0.2) is 0 Å². The number of carbonyl (C=O) groups excluding carboxylic acids is 1. The molecule has 7 heteroatoms. The lowest BCUT2D eigenvalue weighted by atomic mass is 9.94. The first-order valence-electron chi connectivity index (χ1n) is 11.9. The van der Waals surface area contributed by atoms with Crippen molar-refractivity contribution in [1.29, 1.82) is 0 Å². The molecule has 2 aromatic rings. The van der Waals surface area contributed by atoms with Crippen LogP contribution in [0.1, 0.15) is 47.3 Å². The molecule has 1 aliphatic carbocycles. The molecule has 0 radical (unpaired) electrons. The van der Waals surface area contributed by atoms with Gasteiger partial charge >= 0.3 is 5.97 Å². The fourth-order valence-electron chi connectivity index (χ4n) is 4.80. The van der Waals surface area contributed by atoms with Gasteiger partial charge in [-0.15, -0.1) is 0 Å². The zero-order valence-electron chi connectivity index (χ0n) is 19.4. The summed E-state index contributed by atoms with van der Waals surface area (Å²) in [5.41, 5.74) is 2.12. The summed E-state index contributed by atoms with van der Waals surface area (Å²) in [6, 6.07) is 5.38. The normalized spacial score (nSPS) is 18.4. The number of aryl methyl sites for hydroxylation is 1. The van der Waals surface area contributed by atoms with E-state index in [1.54, 1.807) is 10.8 Å². The Balaban J connectivity index is 1.48. The van der Waals surface area contributed by atoms with E-state index in [-0.39, 0.29) is 5.56 Å². The minimum atomic E-state index is -0.452. The van der Waals surface area contributed by atoms with Crippen LogP contribution in [-0.4, -0.2) is 53.8 Å². The van der Waals surface area contributed by atoms with E-state index in [9.17, 15) is 9.59 Å². The summed E-state index contributed by atoms with van der Waals surface area (Å²) in [6.45, 7) is 3.62. The predicted molar refractivity (Wildman–Crippen MR) is 127 cm³/mol. The third kappa shape index (κ3) is 5.90. The number of hydrogen-bond acceptors (Lipinski definition) is 6. The monoisotopic (exact) mass is 451 g/mol. The average molecular weight is 452 g/mol. The molecule has 0 amide bonds. The van der Waals surface area contributed by atoms with Gasteiger partial charge in [-0.25, -0.2) is 4.79 Å². The molecule has 0 spiro atoms. The van der Waals surface area contributed by atoms with Crippen molar-refractivity contribution < 1.29 is 14.3 Å². The Hall–Kier alpha value is -2.93. The van der Waals surface area contributed by atoms with Gasteiger partial charge in [0.2, 0.25) is 0 Å². The highest BCUT2D eigenvalue weighted by Crippen LogP contribution is 2.25. The van der Waals surface area contributed by atoms with Crippen LogP contribution in [0, 0.1) is 5.92 Å². The second-order valence-electron chi connectivity index (χ2n) is 8.83. The molecule has 0 fully saturated rings. The number of hydrogen-bond donors (Lipinski definition) is 0. The summed E-state index contributed by atoms with van der Waals surface area (Å²) in [5.74, 6) is 0.536. The van der Waals surface area contributed by atoms with Crippen LogP contribution < -0.4 is 10.3 Å². The van der Waals surface area contributed by atoms with Crippen LogP contribution in [0.25, 0.3) is 0 Å². The third-order valence-corrected chi connectivity index (χ3v) is 6.56. The smallest absolute Gasteiger partial charge is 0.343 e. The van der Waals surface area contributed by atoms with Crippen LogP contribution in [-0.2, 0) is 24.1 Å². The number of allylic oxidation sites excluding steroid dienone is 2. The zero-order chi connectivity index (χ0) is 23.0. The first-order valence-corrected chi connectivity index (χ1v) is 11.9. The molecule has 2 aliphatic rings. The predicted octanol–water partition coefficient (Wildman–Crippen LogP) is 3.26. The summed E-state index contributed by atoms with van der Waals surface area (Å²) >= 11 is 0. The van der Waals surface area contributed by atoms with Crippen molar-refractivity contribution in [2.45, 2.75) is 45.1 Å². The third-order valence-electron chi connectivity index (χ3n) is 6.56. The van der Waals surface area contributed by atoms with Gasteiger partial charge in [-0.1, -0.05) is 18.2 Å². The second kappa shape index (κ2) is 11.3. The summed E-state index contributed by atoms with van der Waals surface area (Å²) in [7, 11) is 1.37. The van der Waals surface area contributed by atoms with Crippen molar-refractivity contribution >= 4 is 5.97 Å². The summed E-state index contributed by atoms with van der Waals surface area (Å²) in [6.07, 6.45) is 13.8. The van der Waals surface area contributed by atoms with Crippen molar-refractivity contribution in [1.82, 2.24) is 14.5 Å². The fraction of sp³-hybridized carbons (Fsp3) is 0.500. The number of esters is 1. The van der Waals surface area contributed by atoms with E-state index < -0.39 is 5.97 Å². The summed E-state index contributed by atoms with van der Waals surface area (Å²) < 4.78 is 12.8. The maximum atomic E-state index is 12.9. The molecular weight excluding hydrogens is 418 g/mol. The summed E-state index contributed by atoms with van der Waals surface area (Å²) in [4.78, 5) is 32.2. The number of carbonyl (C=O) groups is 1. The lowest BCUT2D eigenvalue weighted by molar-refractivity contribution is 0.0593. The molecule has 2 aromatic heterocycles. The van der Waals surface area contributed by atoms with E-state index >= 15 is 0 Å². The van der Waals surface area contributed by atoms with Crippen LogP contribution >= 0.6 is 0 Å². The van der Waals surface area contributed by atoms with Crippen molar-refractivity contribution in [2.24, 2.45) is 5.92 Å². The topological polar surface area (TPSA) is 73.7 Å². The molecule has 0 saturated carbocycles. The van der Waals surface area contributed by atoms with Gasteiger partial charge in [0, 0.05) is 56.8 Å². The van der Waals surface area contributed by atoms with Crippen LogP contribution in [0.15, 0.2) is 47.5 Å². The van der Waals surface area contributed by atoms with E-state index in [1.165, 1.54) is 19.6 Å². The molecule has 7 nitrogen and oxygen atoms in total. The number of fused-ring (bicyclic) bond motifs is 1. The maximum absolute atomic E-state index is 12.9. The molecule has 33 heavy (non-hydrogen) atoms. The summed E-state index contributed by atoms with van der Waals surface area (Å²) in [5, 5.41) is 0. The maximum Gasteiger partial charge on any atom is 0.343 e. The van der Waals surface area contributed by atoms with Crippen LogP contribution in [0.2, 0.25) is 0 Å². The molecule has 4 rings (SSSR count). The number of aromatic nitrogens is 2. The SMILES string of the molecule is COC(=O)c1c(OCCCc2cccnc2)cc(=O)n2c1CCN(C[C@H]1CC=CCC1)CC2. The van der Waals surface area contributed by atoms with E-state index in [1.807, 2.05) is 18.3 Å². The Kier molecular flexibility index (Phi) is 7.94. The Bertz CT molecular complexity index is 1030. The minimum absolute atomic E-state index is 0.123. The van der Waals surface area contributed by atoms with Gasteiger partial charge < -0.3 is 18.9 Å². The highest BCUT2D eigenvalue weighted by atomic mass is 16.5. The van der Waals surface area contributed by atoms with E-state index in [0.29, 0.717) is 36.8 Å². The lowest BCUT2D eigenvalue weighted by Crippen LogP contribution is -2.33. The number of nitrogens with zero attached hydrogens (tertiary/aromatic N) is 3. The molecule has 0 N–H and O–H groups in total. The molecular formula is C26H33N3O4. The van der Waals surface area contributed by atoms with E-state index in [0.717, 1.165) is 56.6 Å². The Morgan fingerprint density at radius 1 is 1.24 bits per heavy atom. The Labute approximate surface area is 195 Å². The molecule has 0 unspecified atom stereocenters. The number of pyridine rings is 2. The quantitative estimate of drug-likeness (QED) is 0.349. The highest BCUT2D eigenvalue weighted by molar-refractivity contribution is 5.93. The van der Waals surface area contributed by atoms with Crippen molar-refractivity contribution in [3.8, 4) is 5.75 Å². The zero-order valence-corrected chi connectivity index (χ0v) is 19.4. The first-order chi connectivity index (χ1) is 16.2. The van der Waals surface area contributed by atoms with Gasteiger partial charge in [-0.3, -0.25) is 9.78 Å². The van der Waals surface area contributed by atoms with Crippen LogP contribution in [0.5, 0.6) is 5.75 Å². The Morgan fingerprint density at radius 3 is 2.91 bits per heavy atom. The van der Waals surface area contributed by atoms with Gasteiger partial charge in [0.25, 0.3) is 5.56 Å². The molecule has 1 aliphatic heterocycles. The van der Waals surface area contributed by atoms with E-state index in [2.05, 4.69) is 22.0 Å². The Morgan fingerprint density at radius 2 is 2.15 bits per heavy atom. The first kappa shape index (κ1) is 23.2. The van der Waals surface area contributed by atoms with Gasteiger partial charge in [-0.2, -0.15) is 0 Å². The molecule has 0 bridgehead atoms. The number of methoxy groups -OCH3 is 1. The lowest BCUT2D eigenvalue weighted by Gasteiger charge is -2.26. The molecule has 1 atom stereocenters.